The Labute approximate surface area is 116 Å². The van der Waals surface area contributed by atoms with Crippen molar-refractivity contribution >= 4 is 0 Å². The van der Waals surface area contributed by atoms with Crippen LogP contribution in [0.3, 0.4) is 0 Å². The maximum absolute atomic E-state index is 6.83. The van der Waals surface area contributed by atoms with Gasteiger partial charge >= 0.3 is 0 Å². The molecule has 0 amide bonds. The first-order valence-electron chi connectivity index (χ1n) is 7.62. The van der Waals surface area contributed by atoms with Crippen molar-refractivity contribution in [3.8, 4) is 0 Å². The zero-order valence-electron chi connectivity index (χ0n) is 12.8. The van der Waals surface area contributed by atoms with Crippen LogP contribution in [0.1, 0.15) is 52.8 Å². The van der Waals surface area contributed by atoms with Crippen molar-refractivity contribution in [1.82, 2.24) is 14.8 Å². The van der Waals surface area contributed by atoms with Crippen molar-refractivity contribution in [2.45, 2.75) is 65.5 Å². The van der Waals surface area contributed by atoms with Crippen LogP contribution < -0.4 is 5.73 Å². The van der Waals surface area contributed by atoms with E-state index in [1.54, 1.807) is 6.33 Å². The Morgan fingerprint density at radius 3 is 2.84 bits per heavy atom. The molecule has 2 rings (SSSR count). The first-order chi connectivity index (χ1) is 8.96. The van der Waals surface area contributed by atoms with Crippen LogP contribution in [0, 0.1) is 17.8 Å². The zero-order valence-corrected chi connectivity index (χ0v) is 12.8. The predicted octanol–water partition coefficient (Wildman–Crippen LogP) is 2.63. The summed E-state index contributed by atoms with van der Waals surface area (Å²) >= 11 is 0. The lowest BCUT2D eigenvalue weighted by atomic mass is 9.64. The summed E-state index contributed by atoms with van der Waals surface area (Å²) in [6, 6.07) is 0. The molecule has 1 aliphatic rings. The molecule has 0 radical (unpaired) electrons. The standard InChI is InChI=1S/C15H28N4/c1-5-19-14(17-10-18-19)9-15(16)8-12(4)6-7-13(15)11(2)3/h10-13H,5-9,16H2,1-4H3. The molecule has 108 valence electrons. The molecule has 0 aromatic carbocycles. The normalized spacial score (nSPS) is 31.9. The first kappa shape index (κ1) is 14.5. The molecule has 1 aromatic heterocycles. The average molecular weight is 264 g/mol. The van der Waals surface area contributed by atoms with Gasteiger partial charge in [-0.05, 0) is 37.5 Å². The van der Waals surface area contributed by atoms with E-state index in [2.05, 4.69) is 37.8 Å². The third kappa shape index (κ3) is 2.99. The summed E-state index contributed by atoms with van der Waals surface area (Å²) in [5.41, 5.74) is 6.71. The highest BCUT2D eigenvalue weighted by atomic mass is 15.3. The fraction of sp³-hybridized carbons (Fsp3) is 0.867. The number of rotatable bonds is 4. The molecule has 1 aliphatic carbocycles. The smallest absolute Gasteiger partial charge is 0.138 e. The molecule has 1 heterocycles. The van der Waals surface area contributed by atoms with E-state index in [4.69, 9.17) is 5.73 Å². The quantitative estimate of drug-likeness (QED) is 0.909. The van der Waals surface area contributed by atoms with Crippen molar-refractivity contribution in [2.24, 2.45) is 23.5 Å². The Morgan fingerprint density at radius 1 is 1.47 bits per heavy atom. The molecule has 0 aliphatic heterocycles. The van der Waals surface area contributed by atoms with Crippen LogP contribution in [0.5, 0.6) is 0 Å². The van der Waals surface area contributed by atoms with Gasteiger partial charge in [0.1, 0.15) is 12.2 Å². The summed E-state index contributed by atoms with van der Waals surface area (Å²) in [5.74, 6) is 2.99. The molecule has 3 unspecified atom stereocenters. The van der Waals surface area contributed by atoms with Crippen LogP contribution in [-0.2, 0) is 13.0 Å². The van der Waals surface area contributed by atoms with Gasteiger partial charge in [0.15, 0.2) is 0 Å². The minimum Gasteiger partial charge on any atom is -0.324 e. The lowest BCUT2D eigenvalue weighted by molar-refractivity contribution is 0.106. The summed E-state index contributed by atoms with van der Waals surface area (Å²) < 4.78 is 1.98. The molecule has 3 atom stereocenters. The lowest BCUT2D eigenvalue weighted by Gasteiger charge is -2.45. The van der Waals surface area contributed by atoms with Gasteiger partial charge in [0.25, 0.3) is 0 Å². The third-order valence-corrected chi connectivity index (χ3v) is 4.72. The van der Waals surface area contributed by atoms with E-state index in [0.29, 0.717) is 11.8 Å². The fourth-order valence-corrected chi connectivity index (χ4v) is 3.84. The van der Waals surface area contributed by atoms with Crippen molar-refractivity contribution in [3.05, 3.63) is 12.2 Å². The van der Waals surface area contributed by atoms with Crippen LogP contribution in [-0.4, -0.2) is 20.3 Å². The van der Waals surface area contributed by atoms with Gasteiger partial charge < -0.3 is 5.73 Å². The van der Waals surface area contributed by atoms with Gasteiger partial charge in [0.2, 0.25) is 0 Å². The van der Waals surface area contributed by atoms with E-state index >= 15 is 0 Å². The molecule has 0 spiro atoms. The van der Waals surface area contributed by atoms with E-state index < -0.39 is 0 Å². The van der Waals surface area contributed by atoms with E-state index in [9.17, 15) is 0 Å². The second kappa shape index (κ2) is 5.61. The van der Waals surface area contributed by atoms with E-state index in [1.807, 2.05) is 4.68 Å². The number of aryl methyl sites for hydroxylation is 1. The van der Waals surface area contributed by atoms with Gasteiger partial charge in [-0.3, -0.25) is 4.68 Å². The monoisotopic (exact) mass is 264 g/mol. The minimum absolute atomic E-state index is 0.119. The van der Waals surface area contributed by atoms with Gasteiger partial charge in [-0.25, -0.2) is 4.98 Å². The maximum Gasteiger partial charge on any atom is 0.138 e. The summed E-state index contributed by atoms with van der Waals surface area (Å²) in [4.78, 5) is 4.42. The zero-order chi connectivity index (χ0) is 14.0. The van der Waals surface area contributed by atoms with Crippen molar-refractivity contribution < 1.29 is 0 Å². The predicted molar refractivity (Wildman–Crippen MR) is 77.7 cm³/mol. The van der Waals surface area contributed by atoms with Gasteiger partial charge in [-0.2, -0.15) is 5.10 Å². The van der Waals surface area contributed by atoms with Crippen LogP contribution in [0.15, 0.2) is 6.33 Å². The van der Waals surface area contributed by atoms with Crippen LogP contribution in [0.2, 0.25) is 0 Å². The number of nitrogens with zero attached hydrogens (tertiary/aromatic N) is 3. The highest BCUT2D eigenvalue weighted by Gasteiger charge is 2.42. The molecule has 1 saturated carbocycles. The van der Waals surface area contributed by atoms with Gasteiger partial charge in [0, 0.05) is 18.5 Å². The molecule has 4 nitrogen and oxygen atoms in total. The van der Waals surface area contributed by atoms with E-state index in [0.717, 1.165) is 31.1 Å². The third-order valence-electron chi connectivity index (χ3n) is 4.72. The van der Waals surface area contributed by atoms with Crippen molar-refractivity contribution in [2.75, 3.05) is 0 Å². The van der Waals surface area contributed by atoms with Crippen LogP contribution >= 0.6 is 0 Å². The Balaban J connectivity index is 2.22. The molecule has 1 aromatic rings. The molecule has 0 saturated heterocycles. The molecule has 4 heteroatoms. The molecular formula is C15H28N4. The van der Waals surface area contributed by atoms with Crippen LogP contribution in [0.25, 0.3) is 0 Å². The lowest BCUT2D eigenvalue weighted by Crippen LogP contribution is -2.54. The van der Waals surface area contributed by atoms with Crippen molar-refractivity contribution in [3.63, 3.8) is 0 Å². The highest BCUT2D eigenvalue weighted by molar-refractivity contribution is 5.04. The van der Waals surface area contributed by atoms with Gasteiger partial charge in [-0.15, -0.1) is 0 Å². The molecule has 0 bridgehead atoms. The summed E-state index contributed by atoms with van der Waals surface area (Å²) in [7, 11) is 0. The first-order valence-corrected chi connectivity index (χ1v) is 7.62. The number of hydrogen-bond donors (Lipinski definition) is 1. The van der Waals surface area contributed by atoms with E-state index in [1.165, 1.54) is 12.8 Å². The van der Waals surface area contributed by atoms with Gasteiger partial charge in [0.05, 0.1) is 0 Å². The number of aromatic nitrogens is 3. The highest BCUT2D eigenvalue weighted by Crippen LogP contribution is 2.41. The second-order valence-corrected chi connectivity index (χ2v) is 6.64. The molecular weight excluding hydrogens is 236 g/mol. The maximum atomic E-state index is 6.83. The SMILES string of the molecule is CCn1ncnc1CC1(N)CC(C)CCC1C(C)C. The Morgan fingerprint density at radius 2 is 2.21 bits per heavy atom. The summed E-state index contributed by atoms with van der Waals surface area (Å²) in [6.45, 7) is 9.89. The van der Waals surface area contributed by atoms with Gasteiger partial charge in [-0.1, -0.05) is 27.2 Å². The summed E-state index contributed by atoms with van der Waals surface area (Å²) in [5, 5.41) is 4.27. The Hall–Kier alpha value is -0.900. The Kier molecular flexibility index (Phi) is 4.29. The summed E-state index contributed by atoms with van der Waals surface area (Å²) in [6.07, 6.45) is 6.16. The largest absolute Gasteiger partial charge is 0.324 e. The second-order valence-electron chi connectivity index (χ2n) is 6.64. The minimum atomic E-state index is -0.119. The molecule has 2 N–H and O–H groups in total. The van der Waals surface area contributed by atoms with E-state index in [-0.39, 0.29) is 5.54 Å². The molecule has 1 fully saturated rings. The van der Waals surface area contributed by atoms with Crippen LogP contribution in [0.4, 0.5) is 0 Å². The Bertz CT molecular complexity index is 412. The molecule has 19 heavy (non-hydrogen) atoms. The average Bonchev–Trinajstić information content (AvgIpc) is 2.74. The number of nitrogens with two attached hydrogens (primary N) is 1. The topological polar surface area (TPSA) is 56.7 Å². The fourth-order valence-electron chi connectivity index (χ4n) is 3.84. The number of hydrogen-bond acceptors (Lipinski definition) is 3. The van der Waals surface area contributed by atoms with Crippen molar-refractivity contribution in [1.29, 1.82) is 0 Å².